The second kappa shape index (κ2) is 4.40. The molecule has 1 aromatic rings. The van der Waals surface area contributed by atoms with Crippen LogP contribution in [-0.2, 0) is 10.2 Å². The minimum Gasteiger partial charge on any atom is -0.482 e. The molecule has 1 aliphatic heterocycles. The normalized spacial score (nSPS) is 14.9. The summed E-state index contributed by atoms with van der Waals surface area (Å²) in [5.41, 5.74) is 2.22. The van der Waals surface area contributed by atoms with E-state index >= 15 is 0 Å². The van der Waals surface area contributed by atoms with Gasteiger partial charge in [-0.2, -0.15) is 0 Å². The molecule has 0 atom stereocenters. The molecule has 1 N–H and O–H groups in total. The summed E-state index contributed by atoms with van der Waals surface area (Å²) in [6.45, 7) is 6.75. The van der Waals surface area contributed by atoms with Gasteiger partial charge in [-0.25, -0.2) is 0 Å². The van der Waals surface area contributed by atoms with Gasteiger partial charge in [-0.05, 0) is 36.0 Å². The Morgan fingerprint density at radius 1 is 1.35 bits per heavy atom. The van der Waals surface area contributed by atoms with Crippen molar-refractivity contribution in [2.45, 2.75) is 39.0 Å². The highest BCUT2D eigenvalue weighted by molar-refractivity contribution is 5.95. The molecule has 0 aromatic heterocycles. The van der Waals surface area contributed by atoms with Gasteiger partial charge in [0.1, 0.15) is 5.75 Å². The van der Waals surface area contributed by atoms with E-state index in [1.54, 1.807) is 0 Å². The second-order valence-electron chi connectivity index (χ2n) is 4.82. The summed E-state index contributed by atoms with van der Waals surface area (Å²) >= 11 is 0. The van der Waals surface area contributed by atoms with Crippen molar-refractivity contribution >= 4 is 11.6 Å². The summed E-state index contributed by atoms with van der Waals surface area (Å²) in [6.07, 6.45) is 2.16. The summed E-state index contributed by atoms with van der Waals surface area (Å²) in [5, 5.41) is 2.86. The predicted octanol–water partition coefficient (Wildman–Crippen LogP) is 3.10. The number of anilines is 1. The van der Waals surface area contributed by atoms with E-state index in [-0.39, 0.29) is 17.9 Å². The molecular weight excluding hydrogens is 214 g/mol. The van der Waals surface area contributed by atoms with Crippen LogP contribution in [0, 0.1) is 0 Å². The molecule has 0 radical (unpaired) electrons. The van der Waals surface area contributed by atoms with Crippen molar-refractivity contribution in [2.75, 3.05) is 11.9 Å². The van der Waals surface area contributed by atoms with Gasteiger partial charge in [-0.1, -0.05) is 26.8 Å². The summed E-state index contributed by atoms with van der Waals surface area (Å²) in [4.78, 5) is 11.3. The number of nitrogens with one attached hydrogen (secondary N) is 1. The molecule has 0 saturated carbocycles. The lowest BCUT2D eigenvalue weighted by Crippen LogP contribution is -2.26. The molecule has 17 heavy (non-hydrogen) atoms. The summed E-state index contributed by atoms with van der Waals surface area (Å²) < 4.78 is 5.36. The highest BCUT2D eigenvalue weighted by Crippen LogP contribution is 2.36. The molecule has 0 saturated heterocycles. The number of hydrogen-bond acceptors (Lipinski definition) is 2. The van der Waals surface area contributed by atoms with Crippen LogP contribution in [0.15, 0.2) is 18.2 Å². The van der Waals surface area contributed by atoms with Crippen molar-refractivity contribution in [1.29, 1.82) is 0 Å². The maximum Gasteiger partial charge on any atom is 0.262 e. The first-order valence-corrected chi connectivity index (χ1v) is 6.16. The van der Waals surface area contributed by atoms with Gasteiger partial charge in [-0.15, -0.1) is 0 Å². The topological polar surface area (TPSA) is 38.3 Å². The van der Waals surface area contributed by atoms with E-state index in [1.165, 1.54) is 5.56 Å². The molecule has 0 bridgehead atoms. The van der Waals surface area contributed by atoms with E-state index < -0.39 is 0 Å². The lowest BCUT2D eigenvalue weighted by Gasteiger charge is -2.29. The zero-order chi connectivity index (χ0) is 12.5. The largest absolute Gasteiger partial charge is 0.482 e. The molecule has 1 amide bonds. The maximum absolute atomic E-state index is 11.3. The van der Waals surface area contributed by atoms with E-state index in [0.29, 0.717) is 0 Å². The number of carbonyl (C=O) groups is 1. The van der Waals surface area contributed by atoms with Gasteiger partial charge >= 0.3 is 0 Å². The highest BCUT2D eigenvalue weighted by Gasteiger charge is 2.25. The molecule has 3 nitrogen and oxygen atoms in total. The van der Waals surface area contributed by atoms with Crippen molar-refractivity contribution in [3.63, 3.8) is 0 Å². The Morgan fingerprint density at radius 3 is 2.71 bits per heavy atom. The van der Waals surface area contributed by atoms with E-state index in [9.17, 15) is 4.79 Å². The monoisotopic (exact) mass is 233 g/mol. The van der Waals surface area contributed by atoms with Gasteiger partial charge < -0.3 is 10.1 Å². The number of benzene rings is 1. The SMILES string of the molecule is CCC(C)(CC)c1ccc2c(c1)NC(=O)CO2. The maximum atomic E-state index is 11.3. The van der Waals surface area contributed by atoms with Gasteiger partial charge in [0.2, 0.25) is 0 Å². The van der Waals surface area contributed by atoms with E-state index in [1.807, 2.05) is 12.1 Å². The number of carbonyl (C=O) groups excluding carboxylic acids is 1. The first-order chi connectivity index (χ1) is 8.09. The fourth-order valence-electron chi connectivity index (χ4n) is 2.12. The van der Waals surface area contributed by atoms with Gasteiger partial charge in [0, 0.05) is 0 Å². The lowest BCUT2D eigenvalue weighted by molar-refractivity contribution is -0.118. The third-order valence-corrected chi connectivity index (χ3v) is 3.87. The Balaban J connectivity index is 2.39. The van der Waals surface area contributed by atoms with Gasteiger partial charge in [-0.3, -0.25) is 4.79 Å². The summed E-state index contributed by atoms with van der Waals surface area (Å²) in [7, 11) is 0. The van der Waals surface area contributed by atoms with Crippen molar-refractivity contribution in [1.82, 2.24) is 0 Å². The standard InChI is InChI=1S/C14H19NO2/c1-4-14(3,5-2)10-6-7-12-11(8-10)15-13(16)9-17-12/h6-8H,4-5,9H2,1-3H3,(H,15,16). The van der Waals surface area contributed by atoms with Crippen molar-refractivity contribution in [2.24, 2.45) is 0 Å². The Kier molecular flexibility index (Phi) is 3.09. The zero-order valence-electron chi connectivity index (χ0n) is 10.7. The summed E-state index contributed by atoms with van der Waals surface area (Å²) in [6, 6.07) is 6.09. The van der Waals surface area contributed by atoms with E-state index in [4.69, 9.17) is 4.74 Å². The summed E-state index contributed by atoms with van der Waals surface area (Å²) in [5.74, 6) is 0.687. The van der Waals surface area contributed by atoms with Crippen LogP contribution in [-0.4, -0.2) is 12.5 Å². The number of fused-ring (bicyclic) bond motifs is 1. The van der Waals surface area contributed by atoms with E-state index in [0.717, 1.165) is 24.3 Å². The fourth-order valence-corrected chi connectivity index (χ4v) is 2.12. The van der Waals surface area contributed by atoms with Crippen LogP contribution in [0.3, 0.4) is 0 Å². The Morgan fingerprint density at radius 2 is 2.06 bits per heavy atom. The molecular formula is C14H19NO2. The third kappa shape index (κ3) is 2.14. The van der Waals surface area contributed by atoms with Crippen LogP contribution in [0.1, 0.15) is 39.2 Å². The number of hydrogen-bond donors (Lipinski definition) is 1. The Bertz CT molecular complexity index is 436. The predicted molar refractivity (Wildman–Crippen MR) is 68.5 cm³/mol. The first kappa shape index (κ1) is 12.0. The minimum absolute atomic E-state index is 0.0793. The van der Waals surface area contributed by atoms with Crippen molar-refractivity contribution in [3.05, 3.63) is 23.8 Å². The lowest BCUT2D eigenvalue weighted by atomic mass is 9.77. The minimum atomic E-state index is -0.0793. The number of rotatable bonds is 3. The van der Waals surface area contributed by atoms with Crippen LogP contribution >= 0.6 is 0 Å². The van der Waals surface area contributed by atoms with Crippen LogP contribution in [0.5, 0.6) is 5.75 Å². The van der Waals surface area contributed by atoms with Crippen LogP contribution in [0.25, 0.3) is 0 Å². The van der Waals surface area contributed by atoms with E-state index in [2.05, 4.69) is 32.2 Å². The Labute approximate surface area is 102 Å². The zero-order valence-corrected chi connectivity index (χ0v) is 10.7. The molecule has 0 fully saturated rings. The Hall–Kier alpha value is -1.51. The van der Waals surface area contributed by atoms with Gasteiger partial charge in [0.25, 0.3) is 5.91 Å². The number of ether oxygens (including phenoxy) is 1. The molecule has 92 valence electrons. The second-order valence-corrected chi connectivity index (χ2v) is 4.82. The van der Waals surface area contributed by atoms with Crippen LogP contribution in [0.4, 0.5) is 5.69 Å². The number of amides is 1. The van der Waals surface area contributed by atoms with Crippen LogP contribution in [0.2, 0.25) is 0 Å². The molecule has 3 heteroatoms. The smallest absolute Gasteiger partial charge is 0.262 e. The average molecular weight is 233 g/mol. The molecule has 2 rings (SSSR count). The molecule has 1 aromatic carbocycles. The molecule has 1 heterocycles. The van der Waals surface area contributed by atoms with Crippen LogP contribution < -0.4 is 10.1 Å². The molecule has 1 aliphatic rings. The van der Waals surface area contributed by atoms with Crippen molar-refractivity contribution < 1.29 is 9.53 Å². The molecule has 0 spiro atoms. The average Bonchev–Trinajstić information content (AvgIpc) is 2.37. The third-order valence-electron chi connectivity index (χ3n) is 3.87. The van der Waals surface area contributed by atoms with Gasteiger partial charge in [0.05, 0.1) is 5.69 Å². The highest BCUT2D eigenvalue weighted by atomic mass is 16.5. The molecule has 0 aliphatic carbocycles. The molecule has 0 unspecified atom stereocenters. The first-order valence-electron chi connectivity index (χ1n) is 6.16. The van der Waals surface area contributed by atoms with Crippen molar-refractivity contribution in [3.8, 4) is 5.75 Å². The fraction of sp³-hybridized carbons (Fsp3) is 0.500. The van der Waals surface area contributed by atoms with Gasteiger partial charge in [0.15, 0.2) is 6.61 Å². The quantitative estimate of drug-likeness (QED) is 0.871.